The Morgan fingerprint density at radius 3 is 2.93 bits per heavy atom. The van der Waals surface area contributed by atoms with Crippen molar-refractivity contribution in [3.63, 3.8) is 0 Å². The van der Waals surface area contributed by atoms with Crippen LogP contribution in [0.3, 0.4) is 0 Å². The first-order chi connectivity index (χ1) is 14.5. The van der Waals surface area contributed by atoms with Gasteiger partial charge in [-0.25, -0.2) is 4.98 Å². The maximum atomic E-state index is 12.6. The highest BCUT2D eigenvalue weighted by Crippen LogP contribution is 2.30. The molecule has 1 aliphatic heterocycles. The van der Waals surface area contributed by atoms with E-state index in [2.05, 4.69) is 33.1 Å². The van der Waals surface area contributed by atoms with Gasteiger partial charge in [0.05, 0.1) is 11.7 Å². The summed E-state index contributed by atoms with van der Waals surface area (Å²) in [6, 6.07) is 9.40. The lowest BCUT2D eigenvalue weighted by Crippen LogP contribution is -2.50. The van der Waals surface area contributed by atoms with Crippen LogP contribution in [0.1, 0.15) is 41.8 Å². The number of hydrogen-bond acceptors (Lipinski definition) is 6. The van der Waals surface area contributed by atoms with E-state index in [1.165, 1.54) is 10.4 Å². The predicted octanol–water partition coefficient (Wildman–Crippen LogP) is 1.60. The van der Waals surface area contributed by atoms with Gasteiger partial charge in [-0.3, -0.25) is 9.59 Å². The molecule has 1 aromatic carbocycles. The van der Waals surface area contributed by atoms with Crippen molar-refractivity contribution in [1.82, 2.24) is 20.9 Å². The molecule has 0 saturated carbocycles. The van der Waals surface area contributed by atoms with E-state index in [4.69, 9.17) is 5.73 Å². The Morgan fingerprint density at radius 1 is 1.33 bits per heavy atom. The Hall–Kier alpha value is -2.45. The number of hydrogen-bond donors (Lipinski definition) is 4. The zero-order valence-corrected chi connectivity index (χ0v) is 18.0. The number of rotatable bonds is 6. The molecular weight excluding hydrogens is 398 g/mol. The van der Waals surface area contributed by atoms with Crippen LogP contribution in [0.5, 0.6) is 0 Å². The van der Waals surface area contributed by atoms with Gasteiger partial charge < -0.3 is 21.7 Å². The first-order valence-electron chi connectivity index (χ1n) is 10.6. The van der Waals surface area contributed by atoms with E-state index in [0.717, 1.165) is 37.9 Å². The van der Waals surface area contributed by atoms with Crippen molar-refractivity contribution in [1.29, 1.82) is 0 Å². The standard InChI is InChI=1S/C22H29N5O2S/c1-13(20(28)25-11-14-7-8-17-19(9-14)30-22(23)27-17)26-21(29)18-10-16(12-24-18)15-5-3-2-4-6-15/h2-6,13-14,16,18,24H,7-12H2,1H3,(H2,23,27)(H,25,28)(H,26,29)/t13-,14?,16-,18+/m0/s1. The molecule has 2 aromatic rings. The lowest BCUT2D eigenvalue weighted by Gasteiger charge is -2.23. The van der Waals surface area contributed by atoms with Gasteiger partial charge in [-0.2, -0.15) is 0 Å². The van der Waals surface area contributed by atoms with E-state index in [1.807, 2.05) is 18.2 Å². The number of benzene rings is 1. The lowest BCUT2D eigenvalue weighted by molar-refractivity contribution is -0.129. The fourth-order valence-corrected chi connectivity index (χ4v) is 5.32. The summed E-state index contributed by atoms with van der Waals surface area (Å²) < 4.78 is 0. The molecule has 0 spiro atoms. The first kappa shape index (κ1) is 20.8. The van der Waals surface area contributed by atoms with E-state index in [9.17, 15) is 9.59 Å². The maximum Gasteiger partial charge on any atom is 0.242 e. The summed E-state index contributed by atoms with van der Waals surface area (Å²) in [5.41, 5.74) is 8.15. The minimum absolute atomic E-state index is 0.112. The average molecular weight is 428 g/mol. The van der Waals surface area contributed by atoms with Gasteiger partial charge in [0.1, 0.15) is 6.04 Å². The van der Waals surface area contributed by atoms with Gasteiger partial charge >= 0.3 is 0 Å². The number of nitrogens with two attached hydrogens (primary N) is 1. The molecule has 30 heavy (non-hydrogen) atoms. The highest BCUT2D eigenvalue weighted by molar-refractivity contribution is 7.15. The molecule has 4 rings (SSSR count). The van der Waals surface area contributed by atoms with Crippen LogP contribution in [0.4, 0.5) is 5.13 Å². The third-order valence-corrected chi connectivity index (χ3v) is 7.04. The van der Waals surface area contributed by atoms with Crippen molar-refractivity contribution in [2.24, 2.45) is 5.92 Å². The Morgan fingerprint density at radius 2 is 2.13 bits per heavy atom. The van der Waals surface area contributed by atoms with Crippen LogP contribution in [0.15, 0.2) is 30.3 Å². The quantitative estimate of drug-likeness (QED) is 0.560. The number of carbonyl (C=O) groups excluding carboxylic acids is 2. The van der Waals surface area contributed by atoms with Gasteiger partial charge in [-0.1, -0.05) is 30.3 Å². The summed E-state index contributed by atoms with van der Waals surface area (Å²) in [6.07, 6.45) is 3.54. The highest BCUT2D eigenvalue weighted by Gasteiger charge is 2.31. The summed E-state index contributed by atoms with van der Waals surface area (Å²) >= 11 is 1.55. The molecule has 0 bridgehead atoms. The summed E-state index contributed by atoms with van der Waals surface area (Å²) in [5.74, 6) is 0.449. The van der Waals surface area contributed by atoms with Gasteiger partial charge in [0.25, 0.3) is 0 Å². The summed E-state index contributed by atoms with van der Waals surface area (Å²) in [5, 5.41) is 9.77. The molecule has 8 heteroatoms. The topological polar surface area (TPSA) is 109 Å². The van der Waals surface area contributed by atoms with E-state index in [1.54, 1.807) is 18.3 Å². The fraction of sp³-hybridized carbons (Fsp3) is 0.500. The van der Waals surface area contributed by atoms with Crippen molar-refractivity contribution in [2.75, 3.05) is 18.8 Å². The normalized spacial score (nSPS) is 24.1. The molecule has 1 unspecified atom stereocenters. The van der Waals surface area contributed by atoms with Gasteiger partial charge in [0.15, 0.2) is 5.13 Å². The number of nitrogens with one attached hydrogen (secondary N) is 3. The smallest absolute Gasteiger partial charge is 0.242 e. The number of anilines is 1. The molecule has 2 amide bonds. The van der Waals surface area contributed by atoms with Crippen molar-refractivity contribution in [2.45, 2.75) is 50.6 Å². The maximum absolute atomic E-state index is 12.6. The van der Waals surface area contributed by atoms with Crippen LogP contribution in [-0.2, 0) is 22.4 Å². The van der Waals surface area contributed by atoms with Gasteiger partial charge in [-0.05, 0) is 50.0 Å². The molecule has 2 aliphatic rings. The number of carbonyl (C=O) groups is 2. The Bertz CT molecular complexity index is 900. The zero-order chi connectivity index (χ0) is 21.1. The number of aromatic nitrogens is 1. The van der Waals surface area contributed by atoms with E-state index >= 15 is 0 Å². The van der Waals surface area contributed by atoms with Crippen molar-refractivity contribution < 1.29 is 9.59 Å². The predicted molar refractivity (Wildman–Crippen MR) is 118 cm³/mol. The number of fused-ring (bicyclic) bond motifs is 1. The number of amides is 2. The zero-order valence-electron chi connectivity index (χ0n) is 17.2. The minimum atomic E-state index is -0.562. The number of thiazole rings is 1. The van der Waals surface area contributed by atoms with Crippen molar-refractivity contribution >= 4 is 28.3 Å². The van der Waals surface area contributed by atoms with Crippen LogP contribution in [-0.4, -0.2) is 42.0 Å². The van der Waals surface area contributed by atoms with E-state index < -0.39 is 6.04 Å². The van der Waals surface area contributed by atoms with Crippen molar-refractivity contribution in [3.8, 4) is 0 Å². The molecular formula is C22H29N5O2S. The molecule has 1 fully saturated rings. The largest absolute Gasteiger partial charge is 0.375 e. The molecule has 1 aliphatic carbocycles. The van der Waals surface area contributed by atoms with Crippen LogP contribution < -0.4 is 21.7 Å². The van der Waals surface area contributed by atoms with Gasteiger partial charge in [0.2, 0.25) is 11.8 Å². The summed E-state index contributed by atoms with van der Waals surface area (Å²) in [4.78, 5) is 30.7. The fourth-order valence-electron chi connectivity index (χ4n) is 4.33. The van der Waals surface area contributed by atoms with E-state index in [-0.39, 0.29) is 17.9 Å². The van der Waals surface area contributed by atoms with Crippen LogP contribution in [0.25, 0.3) is 0 Å². The third-order valence-electron chi connectivity index (χ3n) is 6.09. The molecule has 2 heterocycles. The van der Waals surface area contributed by atoms with Gasteiger partial charge in [0, 0.05) is 18.0 Å². The molecule has 5 N–H and O–H groups in total. The van der Waals surface area contributed by atoms with Gasteiger partial charge in [-0.15, -0.1) is 11.3 Å². The number of nitrogen functional groups attached to an aromatic ring is 1. The van der Waals surface area contributed by atoms with Crippen LogP contribution >= 0.6 is 11.3 Å². The highest BCUT2D eigenvalue weighted by atomic mass is 32.1. The molecule has 1 saturated heterocycles. The molecule has 7 nitrogen and oxygen atoms in total. The Kier molecular flexibility index (Phi) is 6.34. The third kappa shape index (κ3) is 4.82. The minimum Gasteiger partial charge on any atom is -0.375 e. The summed E-state index contributed by atoms with van der Waals surface area (Å²) in [7, 11) is 0. The van der Waals surface area contributed by atoms with Crippen molar-refractivity contribution in [3.05, 3.63) is 46.5 Å². The number of nitrogens with zero attached hydrogens (tertiary/aromatic N) is 1. The monoisotopic (exact) mass is 427 g/mol. The molecule has 1 aromatic heterocycles. The molecule has 160 valence electrons. The second kappa shape index (κ2) is 9.14. The second-order valence-electron chi connectivity index (χ2n) is 8.31. The molecule has 4 atom stereocenters. The first-order valence-corrected chi connectivity index (χ1v) is 11.4. The second-order valence-corrected chi connectivity index (χ2v) is 9.43. The van der Waals surface area contributed by atoms with Crippen LogP contribution in [0.2, 0.25) is 0 Å². The lowest BCUT2D eigenvalue weighted by atomic mass is 9.91. The Balaban J connectivity index is 1.21. The van der Waals surface area contributed by atoms with Crippen LogP contribution in [0, 0.1) is 5.92 Å². The SMILES string of the molecule is C[C@H](NC(=O)[C@H]1C[C@H](c2ccccc2)CN1)C(=O)NCC1CCc2nc(N)sc2C1. The summed E-state index contributed by atoms with van der Waals surface area (Å²) in [6.45, 7) is 3.11. The average Bonchev–Trinajstić information content (AvgIpc) is 3.38. The Labute approximate surface area is 180 Å². The molecule has 0 radical (unpaired) electrons. The number of aryl methyl sites for hydroxylation is 1. The van der Waals surface area contributed by atoms with E-state index in [0.29, 0.717) is 23.5 Å².